The Balaban J connectivity index is 1.31. The van der Waals surface area contributed by atoms with Crippen molar-refractivity contribution in [3.05, 3.63) is 65.5 Å². The number of ether oxygens (including phenoxy) is 1. The van der Waals surface area contributed by atoms with Gasteiger partial charge in [-0.05, 0) is 36.6 Å². The molecule has 1 aliphatic heterocycles. The Morgan fingerprint density at radius 3 is 2.79 bits per heavy atom. The van der Waals surface area contributed by atoms with E-state index in [-0.39, 0.29) is 12.0 Å². The van der Waals surface area contributed by atoms with Gasteiger partial charge in [-0.3, -0.25) is 4.79 Å². The van der Waals surface area contributed by atoms with Crippen molar-refractivity contribution in [2.24, 2.45) is 0 Å². The molecule has 4 rings (SSSR count). The Hall–Kier alpha value is -3.35. The highest BCUT2D eigenvalue weighted by molar-refractivity contribution is 5.97. The maximum Gasteiger partial charge on any atom is 0.409 e. The van der Waals surface area contributed by atoms with Crippen LogP contribution < -0.4 is 5.32 Å². The zero-order chi connectivity index (χ0) is 20.1. The number of hydrogen-bond acceptors (Lipinski definition) is 5. The standard InChI is InChI=1S/C22H23N3O4/c26-21(23-11-12-25-13-14-28-22(25)27)17-9-10-19-18(15-17)24-20(29-19)8-4-7-16-5-2-1-3-6-16/h1-3,5-6,9-10,15H,4,7-8,11-14H2,(H,23,26). The van der Waals surface area contributed by atoms with Gasteiger partial charge in [0.1, 0.15) is 12.1 Å². The van der Waals surface area contributed by atoms with Gasteiger partial charge in [0.25, 0.3) is 5.91 Å². The molecular weight excluding hydrogens is 370 g/mol. The van der Waals surface area contributed by atoms with Crippen LogP contribution in [0.1, 0.15) is 28.2 Å². The summed E-state index contributed by atoms with van der Waals surface area (Å²) < 4.78 is 10.7. The molecule has 0 aliphatic carbocycles. The fourth-order valence-electron chi connectivity index (χ4n) is 3.35. The maximum absolute atomic E-state index is 12.4. The average molecular weight is 393 g/mol. The van der Waals surface area contributed by atoms with Gasteiger partial charge in [-0.1, -0.05) is 30.3 Å². The van der Waals surface area contributed by atoms with Crippen LogP contribution in [0.15, 0.2) is 52.9 Å². The number of aromatic nitrogens is 1. The van der Waals surface area contributed by atoms with Gasteiger partial charge in [-0.25, -0.2) is 9.78 Å². The summed E-state index contributed by atoms with van der Waals surface area (Å²) in [4.78, 5) is 29.9. The minimum Gasteiger partial charge on any atom is -0.448 e. The molecule has 2 aromatic carbocycles. The Morgan fingerprint density at radius 1 is 1.14 bits per heavy atom. The van der Waals surface area contributed by atoms with E-state index in [9.17, 15) is 9.59 Å². The third-order valence-electron chi connectivity index (χ3n) is 4.91. The number of benzene rings is 2. The summed E-state index contributed by atoms with van der Waals surface area (Å²) in [7, 11) is 0. The van der Waals surface area contributed by atoms with E-state index in [4.69, 9.17) is 9.15 Å². The molecular formula is C22H23N3O4. The lowest BCUT2D eigenvalue weighted by molar-refractivity contribution is 0.0949. The summed E-state index contributed by atoms with van der Waals surface area (Å²) in [5.41, 5.74) is 3.17. The SMILES string of the molecule is O=C(NCCN1CCOC1=O)c1ccc2oc(CCCc3ccccc3)nc2c1. The first kappa shape index (κ1) is 19.0. The molecule has 1 saturated heterocycles. The largest absolute Gasteiger partial charge is 0.448 e. The van der Waals surface area contributed by atoms with Gasteiger partial charge in [0, 0.05) is 25.1 Å². The highest BCUT2D eigenvalue weighted by atomic mass is 16.6. The lowest BCUT2D eigenvalue weighted by Crippen LogP contribution is -2.35. The lowest BCUT2D eigenvalue weighted by atomic mass is 10.1. The van der Waals surface area contributed by atoms with E-state index in [1.54, 1.807) is 23.1 Å². The van der Waals surface area contributed by atoms with Crippen molar-refractivity contribution in [2.45, 2.75) is 19.3 Å². The van der Waals surface area contributed by atoms with E-state index in [1.807, 2.05) is 18.2 Å². The van der Waals surface area contributed by atoms with Crippen LogP contribution >= 0.6 is 0 Å². The first-order valence-electron chi connectivity index (χ1n) is 9.82. The molecule has 150 valence electrons. The summed E-state index contributed by atoms with van der Waals surface area (Å²) in [6, 6.07) is 15.6. The van der Waals surface area contributed by atoms with Gasteiger partial charge in [-0.15, -0.1) is 0 Å². The van der Waals surface area contributed by atoms with Gasteiger partial charge < -0.3 is 19.4 Å². The maximum atomic E-state index is 12.4. The van der Waals surface area contributed by atoms with Crippen molar-refractivity contribution in [3.8, 4) is 0 Å². The third-order valence-corrected chi connectivity index (χ3v) is 4.91. The molecule has 0 bridgehead atoms. The number of carbonyl (C=O) groups excluding carboxylic acids is 2. The van der Waals surface area contributed by atoms with E-state index < -0.39 is 0 Å². The van der Waals surface area contributed by atoms with Gasteiger partial charge in [0.05, 0.1) is 6.54 Å². The van der Waals surface area contributed by atoms with E-state index in [0.29, 0.717) is 48.8 Å². The Kier molecular flexibility index (Phi) is 5.74. The topological polar surface area (TPSA) is 84.7 Å². The zero-order valence-corrected chi connectivity index (χ0v) is 16.1. The Morgan fingerprint density at radius 2 is 2.00 bits per heavy atom. The number of hydrogen-bond donors (Lipinski definition) is 1. The minimum atomic E-state index is -0.331. The van der Waals surface area contributed by atoms with Crippen molar-refractivity contribution in [1.29, 1.82) is 0 Å². The summed E-state index contributed by atoms with van der Waals surface area (Å²) >= 11 is 0. The van der Waals surface area contributed by atoms with Crippen LogP contribution in [0.3, 0.4) is 0 Å². The van der Waals surface area contributed by atoms with E-state index in [2.05, 4.69) is 22.4 Å². The highest BCUT2D eigenvalue weighted by Gasteiger charge is 2.21. The Labute approximate surface area is 168 Å². The molecule has 3 aromatic rings. The van der Waals surface area contributed by atoms with Crippen molar-refractivity contribution >= 4 is 23.1 Å². The normalized spacial score (nSPS) is 13.7. The molecule has 1 N–H and O–H groups in total. The molecule has 0 saturated carbocycles. The molecule has 7 heteroatoms. The second-order valence-electron chi connectivity index (χ2n) is 6.99. The zero-order valence-electron chi connectivity index (χ0n) is 16.1. The molecule has 7 nitrogen and oxygen atoms in total. The number of amides is 2. The van der Waals surface area contributed by atoms with Gasteiger partial charge in [0.15, 0.2) is 11.5 Å². The van der Waals surface area contributed by atoms with Crippen LogP contribution in [-0.4, -0.2) is 48.1 Å². The first-order chi connectivity index (χ1) is 14.2. The number of nitrogens with one attached hydrogen (secondary N) is 1. The average Bonchev–Trinajstić information content (AvgIpc) is 3.33. The molecule has 2 heterocycles. The molecule has 1 aromatic heterocycles. The van der Waals surface area contributed by atoms with Gasteiger partial charge >= 0.3 is 6.09 Å². The molecule has 2 amide bonds. The summed E-state index contributed by atoms with van der Waals surface area (Å²) in [5.74, 6) is 0.481. The fraction of sp³-hybridized carbons (Fsp3) is 0.318. The van der Waals surface area contributed by atoms with Crippen LogP contribution in [-0.2, 0) is 17.6 Å². The number of carbonyl (C=O) groups is 2. The highest BCUT2D eigenvalue weighted by Crippen LogP contribution is 2.19. The summed E-state index contributed by atoms with van der Waals surface area (Å²) in [6.07, 6.45) is 2.33. The predicted octanol–water partition coefficient (Wildman–Crippen LogP) is 3.19. The van der Waals surface area contributed by atoms with E-state index in [1.165, 1.54) is 5.56 Å². The molecule has 0 spiro atoms. The minimum absolute atomic E-state index is 0.201. The van der Waals surface area contributed by atoms with Crippen LogP contribution in [0.25, 0.3) is 11.1 Å². The molecule has 1 fully saturated rings. The number of fused-ring (bicyclic) bond motifs is 1. The monoisotopic (exact) mass is 393 g/mol. The molecule has 0 atom stereocenters. The quantitative estimate of drug-likeness (QED) is 0.635. The van der Waals surface area contributed by atoms with Crippen LogP contribution in [0.2, 0.25) is 0 Å². The molecule has 1 aliphatic rings. The fourth-order valence-corrected chi connectivity index (χ4v) is 3.35. The summed E-state index contributed by atoms with van der Waals surface area (Å²) in [6.45, 7) is 1.77. The van der Waals surface area contributed by atoms with Crippen molar-refractivity contribution in [3.63, 3.8) is 0 Å². The number of nitrogens with zero attached hydrogens (tertiary/aromatic N) is 2. The van der Waals surface area contributed by atoms with Crippen molar-refractivity contribution in [2.75, 3.05) is 26.2 Å². The number of oxazole rings is 1. The van der Waals surface area contributed by atoms with Crippen LogP contribution in [0.5, 0.6) is 0 Å². The second-order valence-corrected chi connectivity index (χ2v) is 6.99. The molecule has 29 heavy (non-hydrogen) atoms. The van der Waals surface area contributed by atoms with E-state index in [0.717, 1.165) is 19.3 Å². The predicted molar refractivity (Wildman–Crippen MR) is 108 cm³/mol. The Bertz CT molecular complexity index is 1000. The smallest absolute Gasteiger partial charge is 0.409 e. The van der Waals surface area contributed by atoms with Crippen LogP contribution in [0.4, 0.5) is 4.79 Å². The summed E-state index contributed by atoms with van der Waals surface area (Å²) in [5, 5.41) is 2.82. The van der Waals surface area contributed by atoms with Crippen molar-refractivity contribution in [1.82, 2.24) is 15.2 Å². The number of cyclic esters (lactones) is 1. The van der Waals surface area contributed by atoms with Gasteiger partial charge in [-0.2, -0.15) is 0 Å². The van der Waals surface area contributed by atoms with Crippen LogP contribution in [0, 0.1) is 0 Å². The lowest BCUT2D eigenvalue weighted by Gasteiger charge is -2.12. The molecule has 0 unspecified atom stereocenters. The second kappa shape index (κ2) is 8.77. The third kappa shape index (κ3) is 4.74. The number of rotatable bonds is 8. The molecule has 0 radical (unpaired) electrons. The number of aryl methyl sites for hydroxylation is 2. The first-order valence-corrected chi connectivity index (χ1v) is 9.82. The van der Waals surface area contributed by atoms with Crippen molar-refractivity contribution < 1.29 is 18.7 Å². The van der Waals surface area contributed by atoms with E-state index >= 15 is 0 Å². The van der Waals surface area contributed by atoms with Gasteiger partial charge in [0.2, 0.25) is 0 Å².